The van der Waals surface area contributed by atoms with E-state index in [1.165, 1.54) is 0 Å². The van der Waals surface area contributed by atoms with Crippen LogP contribution >= 0.6 is 0 Å². The molecule has 1 unspecified atom stereocenters. The summed E-state index contributed by atoms with van der Waals surface area (Å²) < 4.78 is 143. The number of nitrogen functional groups attached to an aromatic ring is 1. The lowest BCUT2D eigenvalue weighted by Gasteiger charge is -2.36. The molecule has 0 aliphatic heterocycles. The lowest BCUT2D eigenvalue weighted by molar-refractivity contribution is -0.389. The van der Waals surface area contributed by atoms with Gasteiger partial charge in [0.15, 0.2) is 0 Å². The summed E-state index contributed by atoms with van der Waals surface area (Å²) in [5.74, 6) is -8.32. The molecule has 0 amide bonds. The van der Waals surface area contributed by atoms with E-state index in [2.05, 4.69) is 4.74 Å². The predicted octanol–water partition coefficient (Wildman–Crippen LogP) is 4.79. The summed E-state index contributed by atoms with van der Waals surface area (Å²) in [6.07, 6.45) is -13.7. The van der Waals surface area contributed by atoms with Crippen LogP contribution in [0.3, 0.4) is 0 Å². The smallest absolute Gasteiger partial charge is 0.433 e. The Morgan fingerprint density at radius 1 is 0.833 bits per heavy atom. The first-order valence-corrected chi connectivity index (χ1v) is 5.60. The fraction of sp³-hybridized carbons (Fsp3) is 0.455. The quantitative estimate of drug-likeness (QED) is 0.605. The van der Waals surface area contributed by atoms with Gasteiger partial charge in [-0.15, -0.1) is 0 Å². The minimum Gasteiger partial charge on any atom is -0.433 e. The number of anilines is 1. The number of alkyl halides is 11. The third-order valence-electron chi connectivity index (χ3n) is 2.81. The minimum atomic E-state index is -6.93. The summed E-state index contributed by atoms with van der Waals surface area (Å²) in [4.78, 5) is 0. The molecule has 0 radical (unpaired) electrons. The van der Waals surface area contributed by atoms with Crippen LogP contribution in [-0.4, -0.2) is 24.9 Å². The van der Waals surface area contributed by atoms with Gasteiger partial charge < -0.3 is 10.5 Å². The molecular weight excluding hydrogens is 371 g/mol. The minimum absolute atomic E-state index is 0.138. The van der Waals surface area contributed by atoms with Crippen molar-refractivity contribution in [3.05, 3.63) is 23.8 Å². The molecule has 0 heterocycles. The van der Waals surface area contributed by atoms with E-state index in [1.807, 2.05) is 0 Å². The van der Waals surface area contributed by atoms with Crippen molar-refractivity contribution < 1.29 is 53.0 Å². The third-order valence-corrected chi connectivity index (χ3v) is 2.81. The first-order chi connectivity index (χ1) is 10.6. The topological polar surface area (TPSA) is 35.2 Å². The standard InChI is InChI=1S/C11H6F11NO/c12-7(13)24-6-3-4(1-2-5(6)23)8(14,10(17,18)19)9(15,16)11(20,21)22/h1-3,7H,23H2. The summed E-state index contributed by atoms with van der Waals surface area (Å²) in [5.41, 5.74) is -4.38. The molecule has 24 heavy (non-hydrogen) atoms. The Kier molecular flexibility index (Phi) is 4.89. The maximum atomic E-state index is 14.1. The maximum Gasteiger partial charge on any atom is 0.457 e. The van der Waals surface area contributed by atoms with E-state index in [-0.39, 0.29) is 12.1 Å². The second-order valence-corrected chi connectivity index (χ2v) is 4.36. The van der Waals surface area contributed by atoms with Crippen LogP contribution in [0, 0.1) is 0 Å². The largest absolute Gasteiger partial charge is 0.457 e. The summed E-state index contributed by atoms with van der Waals surface area (Å²) in [6, 6.07) is -0.311. The predicted molar refractivity (Wildman–Crippen MR) is 57.3 cm³/mol. The Labute approximate surface area is 126 Å². The van der Waals surface area contributed by atoms with Gasteiger partial charge in [0, 0.05) is 5.56 Å². The van der Waals surface area contributed by atoms with E-state index in [1.54, 1.807) is 0 Å². The molecule has 2 N–H and O–H groups in total. The molecular formula is C11H6F11NO. The van der Waals surface area contributed by atoms with Crippen LogP contribution in [-0.2, 0) is 5.67 Å². The van der Waals surface area contributed by atoms with Crippen LogP contribution in [0.5, 0.6) is 5.75 Å². The van der Waals surface area contributed by atoms with E-state index in [0.717, 1.165) is 0 Å². The zero-order valence-corrected chi connectivity index (χ0v) is 11.0. The highest BCUT2D eigenvalue weighted by molar-refractivity contribution is 5.55. The molecule has 0 fully saturated rings. The molecule has 1 rings (SSSR count). The summed E-state index contributed by atoms with van der Waals surface area (Å²) in [6.45, 7) is -3.70. The average molecular weight is 377 g/mol. The first-order valence-electron chi connectivity index (χ1n) is 5.60. The van der Waals surface area contributed by atoms with Crippen LogP contribution in [0.1, 0.15) is 5.56 Å². The number of halogens is 11. The molecule has 2 nitrogen and oxygen atoms in total. The fourth-order valence-electron chi connectivity index (χ4n) is 1.66. The molecule has 138 valence electrons. The molecule has 0 bridgehead atoms. The molecule has 0 aromatic heterocycles. The van der Waals surface area contributed by atoms with Gasteiger partial charge in [0.2, 0.25) is 0 Å². The highest BCUT2D eigenvalue weighted by Gasteiger charge is 2.81. The van der Waals surface area contributed by atoms with Gasteiger partial charge in [-0.25, -0.2) is 4.39 Å². The molecule has 13 heteroatoms. The maximum absolute atomic E-state index is 14.1. The van der Waals surface area contributed by atoms with E-state index in [0.29, 0.717) is 0 Å². The van der Waals surface area contributed by atoms with Crippen molar-refractivity contribution in [2.45, 2.75) is 30.6 Å². The average Bonchev–Trinajstić information content (AvgIpc) is 2.37. The van der Waals surface area contributed by atoms with Crippen molar-refractivity contribution in [1.29, 1.82) is 0 Å². The molecule has 0 spiro atoms. The molecule has 1 aromatic carbocycles. The summed E-state index contributed by atoms with van der Waals surface area (Å²) >= 11 is 0. The first kappa shape index (κ1) is 20.1. The van der Waals surface area contributed by atoms with Gasteiger partial charge in [0.25, 0.3) is 0 Å². The fourth-order valence-corrected chi connectivity index (χ4v) is 1.66. The van der Waals surface area contributed by atoms with Crippen LogP contribution in [0.2, 0.25) is 0 Å². The third kappa shape index (κ3) is 3.15. The van der Waals surface area contributed by atoms with Crippen molar-refractivity contribution in [2.75, 3.05) is 5.73 Å². The van der Waals surface area contributed by atoms with E-state index < -0.39 is 53.6 Å². The van der Waals surface area contributed by atoms with Crippen molar-refractivity contribution in [1.82, 2.24) is 0 Å². The number of ether oxygens (including phenoxy) is 1. The second kappa shape index (κ2) is 5.84. The number of benzene rings is 1. The zero-order valence-electron chi connectivity index (χ0n) is 11.0. The number of hydrogen-bond donors (Lipinski definition) is 1. The number of nitrogens with two attached hydrogens (primary N) is 1. The van der Waals surface area contributed by atoms with Crippen LogP contribution in [0.15, 0.2) is 18.2 Å². The summed E-state index contributed by atoms with van der Waals surface area (Å²) in [7, 11) is 0. The van der Waals surface area contributed by atoms with E-state index in [4.69, 9.17) is 5.73 Å². The SMILES string of the molecule is Nc1ccc(C(F)(C(F)(F)F)C(F)(F)C(F)(F)F)cc1OC(F)F. The van der Waals surface area contributed by atoms with Gasteiger partial charge >= 0.3 is 30.6 Å². The Balaban J connectivity index is 3.66. The van der Waals surface area contributed by atoms with Crippen molar-refractivity contribution in [3.63, 3.8) is 0 Å². The van der Waals surface area contributed by atoms with Gasteiger partial charge in [0.1, 0.15) is 5.75 Å². The van der Waals surface area contributed by atoms with Crippen LogP contribution < -0.4 is 10.5 Å². The number of hydrogen-bond acceptors (Lipinski definition) is 2. The molecule has 1 atom stereocenters. The van der Waals surface area contributed by atoms with Crippen LogP contribution in [0.4, 0.5) is 54.0 Å². The van der Waals surface area contributed by atoms with E-state index in [9.17, 15) is 48.3 Å². The monoisotopic (exact) mass is 377 g/mol. The van der Waals surface area contributed by atoms with Gasteiger partial charge in [0.05, 0.1) is 5.69 Å². The molecule has 0 saturated carbocycles. The van der Waals surface area contributed by atoms with Gasteiger partial charge in [-0.1, -0.05) is 6.07 Å². The Morgan fingerprint density at radius 3 is 1.71 bits per heavy atom. The lowest BCUT2D eigenvalue weighted by atomic mass is 9.87. The molecule has 0 aliphatic carbocycles. The van der Waals surface area contributed by atoms with Gasteiger partial charge in [-0.2, -0.15) is 43.9 Å². The van der Waals surface area contributed by atoms with Gasteiger partial charge in [-0.3, -0.25) is 0 Å². The van der Waals surface area contributed by atoms with Crippen molar-refractivity contribution in [3.8, 4) is 5.75 Å². The second-order valence-electron chi connectivity index (χ2n) is 4.36. The van der Waals surface area contributed by atoms with Crippen LogP contribution in [0.25, 0.3) is 0 Å². The Bertz CT molecular complexity index is 595. The molecule has 1 aromatic rings. The van der Waals surface area contributed by atoms with Crippen molar-refractivity contribution in [2.24, 2.45) is 0 Å². The normalized spacial score (nSPS) is 16.2. The Hall–Kier alpha value is -1.95. The number of rotatable bonds is 4. The molecule has 0 aliphatic rings. The Morgan fingerprint density at radius 2 is 1.33 bits per heavy atom. The van der Waals surface area contributed by atoms with Crippen molar-refractivity contribution >= 4 is 5.69 Å². The van der Waals surface area contributed by atoms with E-state index >= 15 is 0 Å². The summed E-state index contributed by atoms with van der Waals surface area (Å²) in [5, 5.41) is 0. The highest BCUT2D eigenvalue weighted by Crippen LogP contribution is 2.58. The molecule has 0 saturated heterocycles. The lowest BCUT2D eigenvalue weighted by Crippen LogP contribution is -2.59. The highest BCUT2D eigenvalue weighted by atomic mass is 19.4. The van der Waals surface area contributed by atoms with Gasteiger partial charge in [-0.05, 0) is 12.1 Å². The zero-order chi connectivity index (χ0) is 19.1.